The number of likely N-dealkylation sites (tertiary alicyclic amines) is 2. The van der Waals surface area contributed by atoms with Gasteiger partial charge in [-0.25, -0.2) is 19.0 Å². The Balaban J connectivity index is 0.705. The van der Waals surface area contributed by atoms with Gasteiger partial charge in [0.2, 0.25) is 35.5 Å². The first-order chi connectivity index (χ1) is 51.4. The number of nitrogens with one attached hydrogen (secondary N) is 2. The summed E-state index contributed by atoms with van der Waals surface area (Å²) in [7, 11) is 6.77. The summed E-state index contributed by atoms with van der Waals surface area (Å²) in [6.07, 6.45) is -0.676. The molecule has 2 aromatic heterocycles. The monoisotopic (exact) mass is 1430 g/mol. The second-order valence-electron chi connectivity index (χ2n) is 27.5. The molecule has 26 nitrogen and oxygen atoms in total. The fraction of sp³-hybridized carbons (Fsp3) is 0.400. The van der Waals surface area contributed by atoms with Crippen LogP contribution < -0.4 is 20.4 Å². The van der Waals surface area contributed by atoms with Crippen LogP contribution in [0.3, 0.4) is 0 Å². The highest BCUT2D eigenvalue weighted by molar-refractivity contribution is 5.93. The Kier molecular flexibility index (Phi) is 24.1. The average molecular weight is 1440 g/mol. The molecule has 26 heteroatoms. The van der Waals surface area contributed by atoms with Crippen LogP contribution in [0.2, 0.25) is 0 Å². The van der Waals surface area contributed by atoms with E-state index >= 15 is 9.59 Å². The molecule has 12 rings (SSSR count). The molecule has 4 aliphatic rings. The van der Waals surface area contributed by atoms with Gasteiger partial charge >= 0.3 is 12.2 Å². The van der Waals surface area contributed by atoms with Crippen molar-refractivity contribution in [3.63, 3.8) is 0 Å². The molecule has 550 valence electrons. The predicted molar refractivity (Wildman–Crippen MR) is 397 cm³/mol. The molecule has 2 fully saturated rings. The minimum Gasteiger partial charge on any atom is -0.448 e. The summed E-state index contributed by atoms with van der Waals surface area (Å²) in [5.74, 6) is 9.98. The number of hydrogen-bond donors (Lipinski definition) is 2. The van der Waals surface area contributed by atoms with Crippen LogP contribution in [0.5, 0.6) is 0 Å². The Bertz CT molecular complexity index is 4180. The van der Waals surface area contributed by atoms with E-state index in [9.17, 15) is 19.2 Å². The quantitative estimate of drug-likeness (QED) is 0.0440. The van der Waals surface area contributed by atoms with Gasteiger partial charge in [-0.2, -0.15) is 0 Å². The zero-order valence-corrected chi connectivity index (χ0v) is 61.0. The highest BCUT2D eigenvalue weighted by Gasteiger charge is 2.42. The molecular formula is C80H90N16O10. The number of benzene rings is 6. The van der Waals surface area contributed by atoms with E-state index < -0.39 is 72.2 Å². The van der Waals surface area contributed by atoms with Gasteiger partial charge in [0.15, 0.2) is 0 Å². The number of carbonyl (C=O) groups is 6. The SMILES string of the molecule is C[C@@H](OCC#CC#CCO[C@H](C)C(NC(=O)[C@H](C)N(C)C(=O)OCC1c2ccccc2-c2ccccc21)C(=O)N1CCC[C@H]1Cn1nnnc1N(C)Cc1ccccc1)C(NC(=O)[C@H](C)N(C)C(=O)OCC1c2ccccc2-c2ccccc21)C(=O)N1CCC[C@H]1Cn1nnnc1N(C)Cc1ccccc1. The molecule has 106 heavy (non-hydrogen) atoms. The van der Waals surface area contributed by atoms with E-state index in [2.05, 4.69) is 89.6 Å². The summed E-state index contributed by atoms with van der Waals surface area (Å²) in [6.45, 7) is 8.60. The van der Waals surface area contributed by atoms with Crippen LogP contribution in [0.4, 0.5) is 21.5 Å². The van der Waals surface area contributed by atoms with E-state index in [0.717, 1.165) is 55.6 Å². The van der Waals surface area contributed by atoms with Gasteiger partial charge in [-0.15, -0.1) is 0 Å². The van der Waals surface area contributed by atoms with E-state index in [0.29, 0.717) is 63.8 Å². The molecule has 0 spiro atoms. The van der Waals surface area contributed by atoms with Crippen molar-refractivity contribution in [3.8, 4) is 45.9 Å². The number of carbonyl (C=O) groups excluding carboxylic acids is 6. The van der Waals surface area contributed by atoms with Crippen LogP contribution in [0.1, 0.15) is 98.6 Å². The molecule has 0 saturated carbocycles. The van der Waals surface area contributed by atoms with Gasteiger partial charge in [0.05, 0.1) is 37.4 Å². The molecule has 2 N–H and O–H groups in total. The number of nitrogens with zero attached hydrogens (tertiary/aromatic N) is 14. The molecule has 4 heterocycles. The number of likely N-dealkylation sites (N-methyl/N-ethyl adjacent to an activating group) is 2. The van der Waals surface area contributed by atoms with Gasteiger partial charge in [-0.3, -0.25) is 29.0 Å². The smallest absolute Gasteiger partial charge is 0.410 e. The Morgan fingerprint density at radius 1 is 0.481 bits per heavy atom. The molecule has 2 unspecified atom stereocenters. The van der Waals surface area contributed by atoms with Crippen molar-refractivity contribution >= 4 is 47.7 Å². The van der Waals surface area contributed by atoms with Crippen molar-refractivity contribution < 1.29 is 47.7 Å². The standard InChI is InChI=1S/C80H90N16O10/c1-53(91(7)79(101)105-51-69-65-39-21-17-35-61(65)62-36-18-22-40-66(62)69)73(97)81-71(75(99)93-43-27-33-59(93)49-95-77(83-85-87-95)89(5)47-57-29-13-11-14-30-57)55(3)103-45-25-9-10-26-46-104-56(4)72(76(100)94-44-28-34-60(94)50-96-78(84-86-88-96)90(6)48-58-31-15-12-16-32-58)82-74(98)54(2)92(8)80(102)106-52-70-67-41-23-19-37-63(67)64-38-20-24-42-68(64)70/h11-24,29-32,35-42,53-56,59-60,69-72H,27-28,33-34,43-52H2,1-8H3,(H,81,97)(H,82,98)/t53-,54-,55+,56+,59-,60-,71?,72?/m0/s1. The molecule has 8 atom stereocenters. The summed E-state index contributed by atoms with van der Waals surface area (Å²) < 4.78 is 27.7. The van der Waals surface area contributed by atoms with Crippen LogP contribution in [-0.2, 0) is 64.3 Å². The minimum absolute atomic E-state index is 0.0480. The topological polar surface area (TPSA) is 270 Å². The first kappa shape index (κ1) is 74.2. The van der Waals surface area contributed by atoms with E-state index in [4.69, 9.17) is 18.9 Å². The molecule has 0 radical (unpaired) electrons. The number of tetrazole rings is 2. The Labute approximate surface area is 617 Å². The lowest BCUT2D eigenvalue weighted by atomic mass is 9.98. The fourth-order valence-electron chi connectivity index (χ4n) is 14.5. The van der Waals surface area contributed by atoms with E-state index in [1.54, 1.807) is 46.9 Å². The number of anilines is 2. The summed E-state index contributed by atoms with van der Waals surface area (Å²) in [5.41, 5.74) is 10.6. The van der Waals surface area contributed by atoms with Crippen molar-refractivity contribution in [2.75, 3.05) is 77.5 Å². The number of fused-ring (bicyclic) bond motifs is 6. The number of rotatable bonds is 28. The molecule has 2 aliphatic heterocycles. The maximum Gasteiger partial charge on any atom is 0.410 e. The van der Waals surface area contributed by atoms with Crippen molar-refractivity contribution in [2.45, 2.75) is 140 Å². The Morgan fingerprint density at radius 2 is 0.821 bits per heavy atom. The largest absolute Gasteiger partial charge is 0.448 e. The third kappa shape index (κ3) is 17.0. The average Bonchev–Trinajstić information content (AvgIpc) is 1.62. The second kappa shape index (κ2) is 34.4. The fourth-order valence-corrected chi connectivity index (χ4v) is 14.5. The lowest BCUT2D eigenvalue weighted by molar-refractivity contribution is -0.142. The number of hydrogen-bond acceptors (Lipinski definition) is 18. The van der Waals surface area contributed by atoms with E-state index in [-0.39, 0.29) is 63.4 Å². The van der Waals surface area contributed by atoms with Crippen LogP contribution in [0.25, 0.3) is 22.3 Å². The minimum atomic E-state index is -1.24. The first-order valence-corrected chi connectivity index (χ1v) is 36.0. The lowest BCUT2D eigenvalue weighted by Crippen LogP contribution is -2.58. The van der Waals surface area contributed by atoms with Crippen molar-refractivity contribution in [3.05, 3.63) is 191 Å². The van der Waals surface area contributed by atoms with Gasteiger partial charge in [0, 0.05) is 66.2 Å². The zero-order valence-electron chi connectivity index (χ0n) is 61.0. The normalized spacial score (nSPS) is 16.6. The van der Waals surface area contributed by atoms with E-state index in [1.807, 2.05) is 157 Å². The lowest BCUT2D eigenvalue weighted by Gasteiger charge is -2.33. The van der Waals surface area contributed by atoms with Crippen LogP contribution in [0, 0.1) is 23.7 Å². The Hall–Kier alpha value is -11.5. The van der Waals surface area contributed by atoms with Crippen molar-refractivity contribution in [1.29, 1.82) is 0 Å². The maximum atomic E-state index is 15.1. The summed E-state index contributed by atoms with van der Waals surface area (Å²) >= 11 is 0. The third-order valence-corrected chi connectivity index (χ3v) is 20.6. The van der Waals surface area contributed by atoms with Gasteiger partial charge < -0.3 is 49.2 Å². The van der Waals surface area contributed by atoms with Gasteiger partial charge in [-0.05, 0) is 142 Å². The third-order valence-electron chi connectivity index (χ3n) is 20.6. The summed E-state index contributed by atoms with van der Waals surface area (Å²) in [5, 5.41) is 31.2. The molecule has 2 aliphatic carbocycles. The van der Waals surface area contributed by atoms with Crippen molar-refractivity contribution in [2.24, 2.45) is 0 Å². The van der Waals surface area contributed by atoms with Crippen LogP contribution >= 0.6 is 0 Å². The first-order valence-electron chi connectivity index (χ1n) is 36.0. The zero-order chi connectivity index (χ0) is 74.4. The Morgan fingerprint density at radius 3 is 1.18 bits per heavy atom. The van der Waals surface area contributed by atoms with Crippen molar-refractivity contribution in [1.82, 2.24) is 70.6 Å². The number of ether oxygens (including phenoxy) is 4. The van der Waals surface area contributed by atoms with Gasteiger partial charge in [-0.1, -0.05) is 180 Å². The second-order valence-corrected chi connectivity index (χ2v) is 27.5. The molecular weight excluding hydrogens is 1340 g/mol. The molecule has 6 aromatic carbocycles. The highest BCUT2D eigenvalue weighted by atomic mass is 16.6. The number of aromatic nitrogens is 8. The van der Waals surface area contributed by atoms with Gasteiger partial charge in [0.25, 0.3) is 0 Å². The molecule has 6 amide bonds. The molecule has 2 saturated heterocycles. The van der Waals surface area contributed by atoms with Crippen LogP contribution in [0.15, 0.2) is 158 Å². The highest BCUT2D eigenvalue weighted by Crippen LogP contribution is 2.46. The predicted octanol–water partition coefficient (Wildman–Crippen LogP) is 7.94. The molecule has 0 bridgehead atoms. The van der Waals surface area contributed by atoms with Crippen LogP contribution in [-0.4, -0.2) is 212 Å². The number of amides is 6. The maximum absolute atomic E-state index is 15.1. The summed E-state index contributed by atoms with van der Waals surface area (Å²) in [4.78, 5) is 96.5. The molecule has 8 aromatic rings. The van der Waals surface area contributed by atoms with E-state index in [1.165, 1.54) is 23.9 Å². The van der Waals surface area contributed by atoms with Gasteiger partial charge in [0.1, 0.15) is 50.6 Å². The summed E-state index contributed by atoms with van der Waals surface area (Å²) in [6, 6.07) is 46.6.